The summed E-state index contributed by atoms with van der Waals surface area (Å²) in [6, 6.07) is 10.5. The molecule has 0 spiro atoms. The molecule has 1 saturated carbocycles. The lowest BCUT2D eigenvalue weighted by Crippen LogP contribution is -2.45. The fourth-order valence-electron chi connectivity index (χ4n) is 4.98. The SMILES string of the molecule is O=C(C(CNOC1CCCCO1)CC1CCCC1)N1COCC1Cc1ccccc1. The van der Waals surface area contributed by atoms with E-state index in [9.17, 15) is 4.79 Å². The third-order valence-corrected chi connectivity index (χ3v) is 6.70. The molecule has 1 aromatic carbocycles. The van der Waals surface area contributed by atoms with Crippen molar-refractivity contribution >= 4 is 5.91 Å². The molecule has 1 N–H and O–H groups in total. The lowest BCUT2D eigenvalue weighted by Gasteiger charge is -2.29. The number of nitrogens with one attached hydrogen (secondary N) is 1. The van der Waals surface area contributed by atoms with E-state index in [0.29, 0.717) is 25.8 Å². The van der Waals surface area contributed by atoms with Crippen molar-refractivity contribution in [3.63, 3.8) is 0 Å². The van der Waals surface area contributed by atoms with Gasteiger partial charge in [-0.05, 0) is 37.2 Å². The molecule has 6 nitrogen and oxygen atoms in total. The molecule has 2 aliphatic heterocycles. The Morgan fingerprint density at radius 3 is 2.70 bits per heavy atom. The molecule has 1 aliphatic carbocycles. The monoisotopic (exact) mass is 416 g/mol. The first-order valence-electron chi connectivity index (χ1n) is 11.7. The van der Waals surface area contributed by atoms with Gasteiger partial charge in [-0.2, -0.15) is 5.48 Å². The molecular weight excluding hydrogens is 380 g/mol. The van der Waals surface area contributed by atoms with Gasteiger partial charge in [-0.3, -0.25) is 9.63 Å². The molecule has 0 radical (unpaired) electrons. The van der Waals surface area contributed by atoms with Crippen LogP contribution in [-0.4, -0.2) is 49.6 Å². The third-order valence-electron chi connectivity index (χ3n) is 6.70. The minimum atomic E-state index is -0.193. The zero-order valence-corrected chi connectivity index (χ0v) is 18.0. The summed E-state index contributed by atoms with van der Waals surface area (Å²) in [6.07, 6.45) is 9.75. The van der Waals surface area contributed by atoms with Gasteiger partial charge in [0.2, 0.25) is 5.91 Å². The highest BCUT2D eigenvalue weighted by atomic mass is 16.8. The number of benzene rings is 1. The number of hydrogen-bond acceptors (Lipinski definition) is 5. The quantitative estimate of drug-likeness (QED) is 0.623. The maximum absolute atomic E-state index is 13.5. The van der Waals surface area contributed by atoms with Crippen LogP contribution in [0, 0.1) is 11.8 Å². The van der Waals surface area contributed by atoms with Crippen LogP contribution in [0.3, 0.4) is 0 Å². The zero-order chi connectivity index (χ0) is 20.6. The molecule has 0 bridgehead atoms. The average Bonchev–Trinajstić information content (AvgIpc) is 3.46. The Labute approximate surface area is 180 Å². The highest BCUT2D eigenvalue weighted by molar-refractivity contribution is 5.79. The molecular formula is C24H36N2O4. The van der Waals surface area contributed by atoms with E-state index in [0.717, 1.165) is 38.7 Å². The van der Waals surface area contributed by atoms with E-state index < -0.39 is 0 Å². The number of carbonyl (C=O) groups excluding carboxylic acids is 1. The molecule has 2 heterocycles. The van der Waals surface area contributed by atoms with Crippen molar-refractivity contribution in [1.82, 2.24) is 10.4 Å². The summed E-state index contributed by atoms with van der Waals surface area (Å²) >= 11 is 0. The van der Waals surface area contributed by atoms with Gasteiger partial charge in [0.1, 0.15) is 6.73 Å². The fourth-order valence-corrected chi connectivity index (χ4v) is 4.98. The standard InChI is InChI=1S/C24H36N2O4/c27-24(26-18-28-17-22(26)15-20-8-2-1-3-9-20)21(14-19-10-4-5-11-19)16-25-30-23-12-6-7-13-29-23/h1-3,8-9,19,21-23,25H,4-7,10-18H2. The Morgan fingerprint density at radius 1 is 1.13 bits per heavy atom. The molecule has 1 aromatic rings. The molecule has 2 saturated heterocycles. The van der Waals surface area contributed by atoms with Gasteiger partial charge in [-0.15, -0.1) is 0 Å². The molecule has 1 amide bonds. The van der Waals surface area contributed by atoms with Crippen LogP contribution >= 0.6 is 0 Å². The summed E-state index contributed by atoms with van der Waals surface area (Å²) in [5.74, 6) is 0.750. The Kier molecular flexibility index (Phi) is 8.15. The van der Waals surface area contributed by atoms with Gasteiger partial charge in [-0.1, -0.05) is 56.0 Å². The van der Waals surface area contributed by atoms with Crippen molar-refractivity contribution in [2.45, 2.75) is 70.1 Å². The van der Waals surface area contributed by atoms with Crippen LogP contribution in [-0.2, 0) is 25.5 Å². The number of carbonyl (C=O) groups is 1. The molecule has 3 fully saturated rings. The maximum atomic E-state index is 13.5. The van der Waals surface area contributed by atoms with Crippen molar-refractivity contribution in [3.05, 3.63) is 35.9 Å². The average molecular weight is 417 g/mol. The summed E-state index contributed by atoms with van der Waals surface area (Å²) in [4.78, 5) is 21.2. The number of hydrogen-bond donors (Lipinski definition) is 1. The second-order valence-corrected chi connectivity index (χ2v) is 9.00. The zero-order valence-electron chi connectivity index (χ0n) is 18.0. The van der Waals surface area contributed by atoms with E-state index in [4.69, 9.17) is 14.3 Å². The first kappa shape index (κ1) is 21.8. The smallest absolute Gasteiger partial charge is 0.229 e. The minimum absolute atomic E-state index is 0.0864. The van der Waals surface area contributed by atoms with Crippen molar-refractivity contribution in [2.24, 2.45) is 11.8 Å². The van der Waals surface area contributed by atoms with Gasteiger partial charge in [-0.25, -0.2) is 0 Å². The molecule has 30 heavy (non-hydrogen) atoms. The number of rotatable bonds is 9. The predicted octanol–water partition coefficient (Wildman–Crippen LogP) is 3.66. The number of hydroxylamine groups is 1. The Hall–Kier alpha value is -1.47. The molecule has 3 atom stereocenters. The Morgan fingerprint density at radius 2 is 1.93 bits per heavy atom. The second-order valence-electron chi connectivity index (χ2n) is 9.00. The van der Waals surface area contributed by atoms with Crippen LogP contribution < -0.4 is 5.48 Å². The first-order chi connectivity index (χ1) is 14.8. The van der Waals surface area contributed by atoms with Gasteiger partial charge in [0.05, 0.1) is 18.6 Å². The number of ether oxygens (including phenoxy) is 2. The van der Waals surface area contributed by atoms with Crippen LogP contribution in [0.2, 0.25) is 0 Å². The lowest BCUT2D eigenvalue weighted by atomic mass is 9.91. The van der Waals surface area contributed by atoms with Crippen molar-refractivity contribution < 1.29 is 19.1 Å². The lowest BCUT2D eigenvalue weighted by molar-refractivity contribution is -0.199. The van der Waals surface area contributed by atoms with Crippen LogP contribution in [0.15, 0.2) is 30.3 Å². The van der Waals surface area contributed by atoms with E-state index in [1.54, 1.807) is 0 Å². The molecule has 166 valence electrons. The minimum Gasteiger partial charge on any atom is -0.359 e. The number of amides is 1. The highest BCUT2D eigenvalue weighted by Gasteiger charge is 2.35. The molecule has 3 unspecified atom stereocenters. The molecule has 3 aliphatic rings. The second kappa shape index (κ2) is 11.2. The highest BCUT2D eigenvalue weighted by Crippen LogP contribution is 2.31. The summed E-state index contributed by atoms with van der Waals surface area (Å²) in [5, 5.41) is 0. The van der Waals surface area contributed by atoms with Crippen molar-refractivity contribution in [1.29, 1.82) is 0 Å². The normalized spacial score (nSPS) is 26.2. The predicted molar refractivity (Wildman–Crippen MR) is 114 cm³/mol. The van der Waals surface area contributed by atoms with Gasteiger partial charge in [0.25, 0.3) is 0 Å². The Bertz CT molecular complexity index is 644. The van der Waals surface area contributed by atoms with Crippen molar-refractivity contribution in [2.75, 3.05) is 26.5 Å². The third kappa shape index (κ3) is 6.03. The summed E-state index contributed by atoms with van der Waals surface area (Å²) in [7, 11) is 0. The molecule has 6 heteroatoms. The summed E-state index contributed by atoms with van der Waals surface area (Å²) in [5.41, 5.74) is 4.33. The van der Waals surface area contributed by atoms with Crippen molar-refractivity contribution in [3.8, 4) is 0 Å². The molecule has 0 aromatic heterocycles. The van der Waals surface area contributed by atoms with E-state index in [2.05, 4.69) is 29.7 Å². The van der Waals surface area contributed by atoms with Gasteiger partial charge in [0, 0.05) is 19.6 Å². The topological polar surface area (TPSA) is 60.0 Å². The van der Waals surface area contributed by atoms with E-state index in [1.165, 1.54) is 31.2 Å². The largest absolute Gasteiger partial charge is 0.359 e. The summed E-state index contributed by atoms with van der Waals surface area (Å²) < 4.78 is 11.4. The van der Waals surface area contributed by atoms with E-state index in [1.807, 2.05) is 11.0 Å². The first-order valence-corrected chi connectivity index (χ1v) is 11.7. The van der Waals surface area contributed by atoms with Crippen LogP contribution in [0.4, 0.5) is 0 Å². The number of nitrogens with zero attached hydrogens (tertiary/aromatic N) is 1. The van der Waals surface area contributed by atoms with Gasteiger partial charge < -0.3 is 14.4 Å². The maximum Gasteiger partial charge on any atom is 0.229 e. The Balaban J connectivity index is 1.35. The van der Waals surface area contributed by atoms with E-state index >= 15 is 0 Å². The van der Waals surface area contributed by atoms with E-state index in [-0.39, 0.29) is 24.2 Å². The molecule has 4 rings (SSSR count). The van der Waals surface area contributed by atoms with Crippen LogP contribution in [0.5, 0.6) is 0 Å². The van der Waals surface area contributed by atoms with Crippen LogP contribution in [0.1, 0.15) is 56.9 Å². The fraction of sp³-hybridized carbons (Fsp3) is 0.708. The van der Waals surface area contributed by atoms with Gasteiger partial charge >= 0.3 is 0 Å². The summed E-state index contributed by atoms with van der Waals surface area (Å²) in [6.45, 7) is 2.29. The van der Waals surface area contributed by atoms with Crippen LogP contribution in [0.25, 0.3) is 0 Å². The van der Waals surface area contributed by atoms with Gasteiger partial charge in [0.15, 0.2) is 6.29 Å².